The standard InChI is InChI=1S/C21H28N6O/c1-24(2)20-17-13-16(5-6-18(17)22-14-23-20)25-9-11-26(12-10-25)19-7-8-27(21(19)28)15-3-4-15/h5-6,13-15,19H,3-4,7-12H2,1-2H3. The van der Waals surface area contributed by atoms with E-state index in [1.54, 1.807) is 6.33 Å². The van der Waals surface area contributed by atoms with E-state index in [-0.39, 0.29) is 6.04 Å². The molecule has 2 aliphatic heterocycles. The minimum absolute atomic E-state index is 0.105. The molecule has 148 valence electrons. The number of aromatic nitrogens is 2. The molecule has 28 heavy (non-hydrogen) atoms. The van der Waals surface area contributed by atoms with E-state index >= 15 is 0 Å². The quantitative estimate of drug-likeness (QED) is 0.803. The summed E-state index contributed by atoms with van der Waals surface area (Å²) in [4.78, 5) is 30.6. The van der Waals surface area contributed by atoms with Gasteiger partial charge in [0.15, 0.2) is 0 Å². The maximum Gasteiger partial charge on any atom is 0.240 e. The largest absolute Gasteiger partial charge is 0.369 e. The van der Waals surface area contributed by atoms with Crippen LogP contribution >= 0.6 is 0 Å². The molecule has 1 aromatic carbocycles. The van der Waals surface area contributed by atoms with Crippen LogP contribution in [0.3, 0.4) is 0 Å². The van der Waals surface area contributed by atoms with Crippen LogP contribution in [-0.4, -0.2) is 84.6 Å². The zero-order chi connectivity index (χ0) is 19.3. The van der Waals surface area contributed by atoms with Gasteiger partial charge < -0.3 is 14.7 Å². The van der Waals surface area contributed by atoms with Crippen LogP contribution in [-0.2, 0) is 4.79 Å². The summed E-state index contributed by atoms with van der Waals surface area (Å²) in [5.41, 5.74) is 2.18. The SMILES string of the molecule is CN(C)c1ncnc2ccc(N3CCN(C4CCN(C5CC5)C4=O)CC3)cc12. The van der Waals surface area contributed by atoms with E-state index in [0.717, 1.165) is 55.9 Å². The summed E-state index contributed by atoms with van der Waals surface area (Å²) in [6.07, 6.45) is 5.02. The molecule has 7 heteroatoms. The summed E-state index contributed by atoms with van der Waals surface area (Å²) in [5.74, 6) is 1.32. The van der Waals surface area contributed by atoms with Crippen molar-refractivity contribution in [3.8, 4) is 0 Å². The van der Waals surface area contributed by atoms with Gasteiger partial charge in [-0.2, -0.15) is 0 Å². The topological polar surface area (TPSA) is 55.8 Å². The Hall–Kier alpha value is -2.41. The fraction of sp³-hybridized carbons (Fsp3) is 0.571. The minimum atomic E-state index is 0.105. The fourth-order valence-electron chi connectivity index (χ4n) is 4.65. The van der Waals surface area contributed by atoms with Gasteiger partial charge in [0.05, 0.1) is 11.6 Å². The highest BCUT2D eigenvalue weighted by molar-refractivity contribution is 5.91. The van der Waals surface area contributed by atoms with Crippen LogP contribution in [0.25, 0.3) is 10.9 Å². The molecule has 5 rings (SSSR count). The molecule has 1 aliphatic carbocycles. The second-order valence-electron chi connectivity index (χ2n) is 8.38. The molecule has 0 spiro atoms. The first-order valence-electron chi connectivity index (χ1n) is 10.3. The number of fused-ring (bicyclic) bond motifs is 1. The lowest BCUT2D eigenvalue weighted by molar-refractivity contribution is -0.132. The van der Waals surface area contributed by atoms with Crippen LogP contribution in [0.5, 0.6) is 0 Å². The van der Waals surface area contributed by atoms with Crippen LogP contribution in [0, 0.1) is 0 Å². The number of carbonyl (C=O) groups is 1. The summed E-state index contributed by atoms with van der Waals surface area (Å²) in [5, 5.41) is 1.08. The summed E-state index contributed by atoms with van der Waals surface area (Å²) < 4.78 is 0. The van der Waals surface area contributed by atoms with Crippen molar-refractivity contribution >= 4 is 28.3 Å². The summed E-state index contributed by atoms with van der Waals surface area (Å²) >= 11 is 0. The molecule has 3 aliphatic rings. The van der Waals surface area contributed by atoms with Gasteiger partial charge in [0.2, 0.25) is 5.91 Å². The number of likely N-dealkylation sites (tertiary alicyclic amines) is 1. The van der Waals surface area contributed by atoms with E-state index in [9.17, 15) is 4.79 Å². The Morgan fingerprint density at radius 1 is 1.00 bits per heavy atom. The van der Waals surface area contributed by atoms with Gasteiger partial charge in [0, 0.05) is 63.9 Å². The molecule has 2 saturated heterocycles. The molecule has 0 N–H and O–H groups in total. The third kappa shape index (κ3) is 3.07. The van der Waals surface area contributed by atoms with Crippen molar-refractivity contribution in [2.24, 2.45) is 0 Å². The number of anilines is 2. The molecule has 3 heterocycles. The van der Waals surface area contributed by atoms with Gasteiger partial charge in [-0.15, -0.1) is 0 Å². The molecule has 1 atom stereocenters. The van der Waals surface area contributed by atoms with E-state index in [2.05, 4.69) is 42.9 Å². The van der Waals surface area contributed by atoms with Crippen molar-refractivity contribution in [3.05, 3.63) is 24.5 Å². The Bertz CT molecular complexity index is 888. The molecule has 2 aromatic rings. The molecule has 3 fully saturated rings. The number of rotatable bonds is 4. The molecular formula is C21H28N6O. The number of hydrogen-bond donors (Lipinski definition) is 0. The van der Waals surface area contributed by atoms with E-state index < -0.39 is 0 Å². The first-order chi connectivity index (χ1) is 13.6. The molecule has 1 unspecified atom stereocenters. The van der Waals surface area contributed by atoms with Crippen LogP contribution in [0.4, 0.5) is 11.5 Å². The molecule has 7 nitrogen and oxygen atoms in total. The zero-order valence-electron chi connectivity index (χ0n) is 16.7. The predicted molar refractivity (Wildman–Crippen MR) is 111 cm³/mol. The molecule has 1 saturated carbocycles. The number of benzene rings is 1. The first kappa shape index (κ1) is 17.7. The van der Waals surface area contributed by atoms with E-state index in [1.807, 2.05) is 19.0 Å². The van der Waals surface area contributed by atoms with E-state index in [1.165, 1.54) is 18.5 Å². The second-order valence-corrected chi connectivity index (χ2v) is 8.38. The summed E-state index contributed by atoms with van der Waals surface area (Å²) in [7, 11) is 4.02. The maximum atomic E-state index is 12.7. The van der Waals surface area contributed by atoms with Crippen molar-refractivity contribution in [2.45, 2.75) is 31.3 Å². The lowest BCUT2D eigenvalue weighted by Gasteiger charge is -2.38. The summed E-state index contributed by atoms with van der Waals surface area (Å²) in [6.45, 7) is 4.73. The highest BCUT2D eigenvalue weighted by Gasteiger charge is 2.43. The number of hydrogen-bond acceptors (Lipinski definition) is 6. The minimum Gasteiger partial charge on any atom is -0.369 e. The summed E-state index contributed by atoms with van der Waals surface area (Å²) in [6, 6.07) is 7.09. The predicted octanol–water partition coefficient (Wildman–Crippen LogP) is 1.58. The first-order valence-corrected chi connectivity index (χ1v) is 10.3. The van der Waals surface area contributed by atoms with Gasteiger partial charge in [0.25, 0.3) is 0 Å². The Labute approximate surface area is 165 Å². The normalized spacial score (nSPS) is 23.6. The monoisotopic (exact) mass is 380 g/mol. The van der Waals surface area contributed by atoms with Gasteiger partial charge in [-0.25, -0.2) is 9.97 Å². The third-order valence-electron chi connectivity index (χ3n) is 6.34. The lowest BCUT2D eigenvalue weighted by Crippen LogP contribution is -2.52. The van der Waals surface area contributed by atoms with Crippen molar-refractivity contribution in [1.29, 1.82) is 0 Å². The Balaban J connectivity index is 1.29. The smallest absolute Gasteiger partial charge is 0.240 e. The average molecular weight is 380 g/mol. The van der Waals surface area contributed by atoms with Crippen molar-refractivity contribution in [3.63, 3.8) is 0 Å². The third-order valence-corrected chi connectivity index (χ3v) is 6.34. The van der Waals surface area contributed by atoms with E-state index in [4.69, 9.17) is 0 Å². The van der Waals surface area contributed by atoms with Gasteiger partial charge in [-0.3, -0.25) is 9.69 Å². The molecule has 0 radical (unpaired) electrons. The van der Waals surface area contributed by atoms with Crippen LogP contribution in [0.2, 0.25) is 0 Å². The fourth-order valence-corrected chi connectivity index (χ4v) is 4.65. The number of carbonyl (C=O) groups excluding carboxylic acids is 1. The molecular weight excluding hydrogens is 352 g/mol. The highest BCUT2D eigenvalue weighted by Crippen LogP contribution is 2.33. The average Bonchev–Trinajstić information content (AvgIpc) is 3.49. The second kappa shape index (κ2) is 6.88. The molecule has 1 amide bonds. The Morgan fingerprint density at radius 3 is 2.50 bits per heavy atom. The van der Waals surface area contributed by atoms with Gasteiger partial charge in [-0.05, 0) is 37.5 Å². The number of amides is 1. The van der Waals surface area contributed by atoms with Crippen LogP contribution in [0.15, 0.2) is 24.5 Å². The Kier molecular flexibility index (Phi) is 4.34. The molecule has 0 bridgehead atoms. The van der Waals surface area contributed by atoms with Crippen LogP contribution < -0.4 is 9.80 Å². The lowest BCUT2D eigenvalue weighted by atomic mass is 10.1. The van der Waals surface area contributed by atoms with Crippen molar-refractivity contribution in [1.82, 2.24) is 19.8 Å². The van der Waals surface area contributed by atoms with Crippen molar-refractivity contribution < 1.29 is 4.79 Å². The molecule has 1 aromatic heterocycles. The van der Waals surface area contributed by atoms with Gasteiger partial charge in [0.1, 0.15) is 12.1 Å². The Morgan fingerprint density at radius 2 is 1.79 bits per heavy atom. The number of piperazine rings is 1. The van der Waals surface area contributed by atoms with Crippen molar-refractivity contribution in [2.75, 3.05) is 56.6 Å². The van der Waals surface area contributed by atoms with E-state index in [0.29, 0.717) is 11.9 Å². The zero-order valence-corrected chi connectivity index (χ0v) is 16.7. The van der Waals surface area contributed by atoms with Gasteiger partial charge in [-0.1, -0.05) is 0 Å². The maximum absolute atomic E-state index is 12.7. The number of nitrogens with zero attached hydrogens (tertiary/aromatic N) is 6. The highest BCUT2D eigenvalue weighted by atomic mass is 16.2. The van der Waals surface area contributed by atoms with Crippen LogP contribution in [0.1, 0.15) is 19.3 Å². The van der Waals surface area contributed by atoms with Gasteiger partial charge >= 0.3 is 0 Å².